The lowest BCUT2D eigenvalue weighted by molar-refractivity contribution is 0.213. The third kappa shape index (κ3) is 6.55. The van der Waals surface area contributed by atoms with E-state index in [4.69, 9.17) is 0 Å². The highest BCUT2D eigenvalue weighted by Gasteiger charge is 2.41. The van der Waals surface area contributed by atoms with Crippen LogP contribution >= 0.6 is 37.2 Å². The van der Waals surface area contributed by atoms with Crippen molar-refractivity contribution in [1.29, 1.82) is 0 Å². The van der Waals surface area contributed by atoms with E-state index in [1.807, 2.05) is 6.07 Å². The second-order valence-electron chi connectivity index (χ2n) is 10.2. The van der Waals surface area contributed by atoms with Gasteiger partial charge in [-0.2, -0.15) is 4.31 Å². The highest BCUT2D eigenvalue weighted by atomic mass is 35.5. The molecule has 2 aromatic carbocycles. The Balaban J connectivity index is 0.00000160. The number of piperazine rings is 1. The molecule has 1 unspecified atom stereocenters. The molecule has 2 saturated heterocycles. The molecule has 0 bridgehead atoms. The van der Waals surface area contributed by atoms with E-state index in [1.165, 1.54) is 11.8 Å². The van der Waals surface area contributed by atoms with Crippen molar-refractivity contribution in [2.75, 3.05) is 64.5 Å². The molecule has 11 heteroatoms. The summed E-state index contributed by atoms with van der Waals surface area (Å²) in [6, 6.07) is 14.8. The number of likely N-dealkylation sites (N-methyl/N-ethyl adjacent to an activating group) is 1. The van der Waals surface area contributed by atoms with Gasteiger partial charge in [0.25, 0.3) is 0 Å². The smallest absolute Gasteiger partial charge is 0.211 e. The number of benzene rings is 2. The number of fused-ring (bicyclic) bond motifs is 1. The first-order chi connectivity index (χ1) is 16.2. The SMILES string of the molecule is CN(C)[C@H]1CN(C2CCc3cccc(F)c32)C[C@@H]1c1ccc(N2CCN(S(C)(=O)=O)CC2)cc1.Cl.Cl.Cl. The fourth-order valence-corrected chi connectivity index (χ4v) is 6.93. The quantitative estimate of drug-likeness (QED) is 0.519. The third-order valence-corrected chi connectivity index (χ3v) is 9.28. The molecular formula is C26H38Cl3FN4O2S. The maximum Gasteiger partial charge on any atom is 0.211 e. The van der Waals surface area contributed by atoms with Gasteiger partial charge in [-0.3, -0.25) is 4.90 Å². The van der Waals surface area contributed by atoms with Gasteiger partial charge in [-0.05, 0) is 56.3 Å². The van der Waals surface area contributed by atoms with E-state index in [9.17, 15) is 12.8 Å². The molecule has 1 aliphatic carbocycles. The minimum atomic E-state index is -3.12. The van der Waals surface area contributed by atoms with Crippen LogP contribution in [0.2, 0.25) is 0 Å². The average molecular weight is 596 g/mol. The Morgan fingerprint density at radius 1 is 0.919 bits per heavy atom. The fraction of sp³-hybridized carbons (Fsp3) is 0.538. The maximum atomic E-state index is 14.7. The monoisotopic (exact) mass is 594 g/mol. The van der Waals surface area contributed by atoms with Crippen molar-refractivity contribution < 1.29 is 12.8 Å². The normalized spacial score (nSPS) is 24.2. The van der Waals surface area contributed by atoms with Crippen LogP contribution in [0.25, 0.3) is 0 Å². The van der Waals surface area contributed by atoms with Crippen molar-refractivity contribution in [2.45, 2.75) is 30.8 Å². The van der Waals surface area contributed by atoms with Gasteiger partial charge in [0.2, 0.25) is 10.0 Å². The van der Waals surface area contributed by atoms with Crippen LogP contribution in [-0.2, 0) is 16.4 Å². The summed E-state index contributed by atoms with van der Waals surface area (Å²) in [4.78, 5) is 7.05. The molecule has 0 amide bonds. The molecule has 2 aliphatic heterocycles. The van der Waals surface area contributed by atoms with Gasteiger partial charge in [0.15, 0.2) is 0 Å². The number of likely N-dealkylation sites (tertiary alicyclic amines) is 1. The molecule has 2 heterocycles. The first-order valence-electron chi connectivity index (χ1n) is 12.2. The first-order valence-corrected chi connectivity index (χ1v) is 14.0. The number of hydrogen-bond acceptors (Lipinski definition) is 5. The van der Waals surface area contributed by atoms with Crippen LogP contribution in [0, 0.1) is 5.82 Å². The van der Waals surface area contributed by atoms with Crippen LogP contribution in [-0.4, -0.2) is 88.2 Å². The lowest BCUT2D eigenvalue weighted by atomic mass is 9.93. The Labute approximate surface area is 239 Å². The zero-order chi connectivity index (χ0) is 24.0. The van der Waals surface area contributed by atoms with Gasteiger partial charge in [0, 0.05) is 68.5 Å². The fourth-order valence-electron chi connectivity index (χ4n) is 6.11. The van der Waals surface area contributed by atoms with E-state index in [0.717, 1.165) is 42.7 Å². The Hall–Kier alpha value is -1.13. The van der Waals surface area contributed by atoms with Crippen molar-refractivity contribution in [3.8, 4) is 0 Å². The van der Waals surface area contributed by atoms with Crippen LogP contribution in [0.4, 0.5) is 10.1 Å². The van der Waals surface area contributed by atoms with E-state index in [-0.39, 0.29) is 49.1 Å². The van der Waals surface area contributed by atoms with E-state index in [2.05, 4.69) is 59.1 Å². The first kappa shape index (κ1) is 32.1. The Bertz CT molecular complexity index is 1150. The predicted molar refractivity (Wildman–Crippen MR) is 156 cm³/mol. The third-order valence-electron chi connectivity index (χ3n) is 7.98. The molecule has 0 aromatic heterocycles. The minimum Gasteiger partial charge on any atom is -0.369 e. The highest BCUT2D eigenvalue weighted by molar-refractivity contribution is 7.88. The largest absolute Gasteiger partial charge is 0.369 e. The molecule has 3 atom stereocenters. The number of nitrogens with zero attached hydrogens (tertiary/aromatic N) is 4. The lowest BCUT2D eigenvalue weighted by Crippen LogP contribution is -2.48. The van der Waals surface area contributed by atoms with Crippen LogP contribution in [0.5, 0.6) is 0 Å². The molecule has 0 N–H and O–H groups in total. The number of halogens is 4. The molecule has 2 fully saturated rings. The topological polar surface area (TPSA) is 47.1 Å². The van der Waals surface area contributed by atoms with Crippen LogP contribution in [0.3, 0.4) is 0 Å². The number of rotatable bonds is 5. The molecule has 6 nitrogen and oxygen atoms in total. The van der Waals surface area contributed by atoms with Crippen molar-refractivity contribution in [3.05, 3.63) is 65.0 Å². The summed E-state index contributed by atoms with van der Waals surface area (Å²) < 4.78 is 39.8. The van der Waals surface area contributed by atoms with Gasteiger partial charge in [-0.1, -0.05) is 24.3 Å². The standard InChI is InChI=1S/C26H35FN4O2S.3ClH/c1-28(2)25-18-30(24-12-9-20-5-4-6-23(27)26(20)24)17-22(25)19-7-10-21(11-8-19)29-13-15-31(16-14-29)34(3,32)33;;;/h4-8,10-11,22,24-25H,9,12-18H2,1-3H3;3*1H/t22-,24?,25+;;;/m1.../s1. The van der Waals surface area contributed by atoms with Crippen molar-refractivity contribution in [2.24, 2.45) is 0 Å². The molecular weight excluding hydrogens is 558 g/mol. The highest BCUT2D eigenvalue weighted by Crippen LogP contribution is 2.42. The minimum absolute atomic E-state index is 0. The Kier molecular flexibility index (Phi) is 11.1. The van der Waals surface area contributed by atoms with Gasteiger partial charge in [-0.25, -0.2) is 12.8 Å². The lowest BCUT2D eigenvalue weighted by Gasteiger charge is -2.35. The van der Waals surface area contributed by atoms with Gasteiger partial charge >= 0.3 is 0 Å². The summed E-state index contributed by atoms with van der Waals surface area (Å²) in [5.74, 6) is 0.298. The van der Waals surface area contributed by atoms with Crippen LogP contribution < -0.4 is 4.90 Å². The second kappa shape index (κ2) is 12.8. The summed E-state index contributed by atoms with van der Waals surface area (Å²) in [6.45, 7) is 4.33. The number of hydrogen-bond donors (Lipinski definition) is 0. The van der Waals surface area contributed by atoms with Gasteiger partial charge in [0.05, 0.1) is 6.26 Å². The summed E-state index contributed by atoms with van der Waals surface area (Å²) in [6.07, 6.45) is 3.22. The summed E-state index contributed by atoms with van der Waals surface area (Å²) in [7, 11) is 1.15. The Morgan fingerprint density at radius 3 is 2.16 bits per heavy atom. The second-order valence-corrected chi connectivity index (χ2v) is 12.2. The molecule has 5 rings (SSSR count). The van der Waals surface area contributed by atoms with Crippen LogP contribution in [0.1, 0.15) is 35.1 Å². The maximum absolute atomic E-state index is 14.7. The predicted octanol–water partition coefficient (Wildman–Crippen LogP) is 4.19. The van der Waals surface area contributed by atoms with Crippen molar-refractivity contribution >= 4 is 52.9 Å². The van der Waals surface area contributed by atoms with E-state index in [0.29, 0.717) is 38.1 Å². The molecule has 2 aromatic rings. The van der Waals surface area contributed by atoms with Gasteiger partial charge in [0.1, 0.15) is 5.82 Å². The Morgan fingerprint density at radius 2 is 1.57 bits per heavy atom. The zero-order valence-electron chi connectivity index (χ0n) is 21.5. The van der Waals surface area contributed by atoms with Crippen molar-refractivity contribution in [3.63, 3.8) is 0 Å². The number of sulfonamides is 1. The van der Waals surface area contributed by atoms with Gasteiger partial charge in [-0.15, -0.1) is 37.2 Å². The molecule has 208 valence electrons. The van der Waals surface area contributed by atoms with E-state index in [1.54, 1.807) is 10.4 Å². The number of anilines is 1. The summed E-state index contributed by atoms with van der Waals surface area (Å²) in [5.41, 5.74) is 4.52. The van der Waals surface area contributed by atoms with E-state index >= 15 is 0 Å². The van der Waals surface area contributed by atoms with Crippen LogP contribution in [0.15, 0.2) is 42.5 Å². The molecule has 0 saturated carbocycles. The summed E-state index contributed by atoms with van der Waals surface area (Å²) >= 11 is 0. The molecule has 37 heavy (non-hydrogen) atoms. The zero-order valence-corrected chi connectivity index (χ0v) is 24.8. The van der Waals surface area contributed by atoms with Crippen molar-refractivity contribution in [1.82, 2.24) is 14.1 Å². The summed E-state index contributed by atoms with van der Waals surface area (Å²) in [5, 5.41) is 0. The van der Waals surface area contributed by atoms with Gasteiger partial charge < -0.3 is 9.80 Å². The molecule has 0 radical (unpaired) electrons. The molecule has 3 aliphatic rings. The molecule has 0 spiro atoms. The average Bonchev–Trinajstić information content (AvgIpc) is 3.44. The number of aryl methyl sites for hydroxylation is 1. The van der Waals surface area contributed by atoms with E-state index < -0.39 is 10.0 Å².